The molecule has 0 saturated heterocycles. The zero-order chi connectivity index (χ0) is 16.7. The van der Waals surface area contributed by atoms with Gasteiger partial charge in [0, 0.05) is 12.6 Å². The third kappa shape index (κ3) is 2.30. The van der Waals surface area contributed by atoms with E-state index in [4.69, 9.17) is 11.6 Å². The molecule has 120 valence electrons. The van der Waals surface area contributed by atoms with Gasteiger partial charge in [0.1, 0.15) is 0 Å². The van der Waals surface area contributed by atoms with Crippen molar-refractivity contribution >= 4 is 22.8 Å². The fraction of sp³-hybridized carbons (Fsp3) is 0.312. The molecule has 0 aliphatic carbocycles. The first-order valence-electron chi connectivity index (χ1n) is 7.44. The smallest absolute Gasteiger partial charge is 0.322 e. The van der Waals surface area contributed by atoms with E-state index >= 15 is 0 Å². The lowest BCUT2D eigenvalue weighted by Crippen LogP contribution is -2.39. The second kappa shape index (κ2) is 5.70. The van der Waals surface area contributed by atoms with Gasteiger partial charge in [-0.25, -0.2) is 14.3 Å². The molecule has 0 fully saturated rings. The first-order valence-corrected chi connectivity index (χ1v) is 7.82. The van der Waals surface area contributed by atoms with Crippen molar-refractivity contribution in [2.75, 3.05) is 0 Å². The van der Waals surface area contributed by atoms with Crippen LogP contribution in [0.3, 0.4) is 0 Å². The standard InChI is InChI=1S/C16H17ClN4O2/c1-4-19-15(22)13-14(18-9-20(13)10(2)3)21(16(19)23)12-8-6-5-7-11(12)17/h5-10H,4H2,1-3H3. The van der Waals surface area contributed by atoms with E-state index in [0.29, 0.717) is 21.9 Å². The molecule has 0 spiro atoms. The monoisotopic (exact) mass is 332 g/mol. The van der Waals surface area contributed by atoms with Gasteiger partial charge in [-0.2, -0.15) is 0 Å². The number of hydrogen-bond acceptors (Lipinski definition) is 3. The SMILES string of the molecule is CCn1c(=O)c2c(ncn2C(C)C)n(-c2ccccc2Cl)c1=O. The Morgan fingerprint density at radius 2 is 1.91 bits per heavy atom. The highest BCUT2D eigenvalue weighted by molar-refractivity contribution is 6.32. The molecule has 1 aromatic carbocycles. The van der Waals surface area contributed by atoms with Gasteiger partial charge in [0.2, 0.25) is 0 Å². The molecule has 7 heteroatoms. The minimum Gasteiger partial charge on any atom is -0.322 e. The van der Waals surface area contributed by atoms with E-state index in [1.54, 1.807) is 42.1 Å². The van der Waals surface area contributed by atoms with Crippen molar-refractivity contribution in [2.45, 2.75) is 33.4 Å². The van der Waals surface area contributed by atoms with Gasteiger partial charge < -0.3 is 4.57 Å². The van der Waals surface area contributed by atoms with Crippen LogP contribution in [0.5, 0.6) is 0 Å². The molecule has 2 aromatic heterocycles. The summed E-state index contributed by atoms with van der Waals surface area (Å²) in [5, 5.41) is 0.427. The third-order valence-corrected chi connectivity index (χ3v) is 4.14. The Hall–Kier alpha value is -2.34. The van der Waals surface area contributed by atoms with Crippen LogP contribution in [0.1, 0.15) is 26.8 Å². The third-order valence-electron chi connectivity index (χ3n) is 3.82. The summed E-state index contributed by atoms with van der Waals surface area (Å²) < 4.78 is 4.38. The van der Waals surface area contributed by atoms with Crippen molar-refractivity contribution in [1.82, 2.24) is 18.7 Å². The molecule has 0 unspecified atom stereocenters. The van der Waals surface area contributed by atoms with Crippen molar-refractivity contribution in [3.63, 3.8) is 0 Å². The van der Waals surface area contributed by atoms with E-state index < -0.39 is 5.69 Å². The first-order chi connectivity index (χ1) is 11.0. The van der Waals surface area contributed by atoms with E-state index in [-0.39, 0.29) is 18.1 Å². The lowest BCUT2D eigenvalue weighted by Gasteiger charge is -2.13. The molecular formula is C16H17ClN4O2. The summed E-state index contributed by atoms with van der Waals surface area (Å²) in [7, 11) is 0. The van der Waals surface area contributed by atoms with E-state index in [1.165, 1.54) is 9.13 Å². The largest absolute Gasteiger partial charge is 0.337 e. The first kappa shape index (κ1) is 15.6. The predicted molar refractivity (Wildman–Crippen MR) is 90.7 cm³/mol. The van der Waals surface area contributed by atoms with Crippen LogP contribution in [0.15, 0.2) is 40.2 Å². The van der Waals surface area contributed by atoms with E-state index in [9.17, 15) is 9.59 Å². The summed E-state index contributed by atoms with van der Waals surface area (Å²) in [5.74, 6) is 0. The predicted octanol–water partition coefficient (Wildman–Crippen LogP) is 2.60. The number of rotatable bonds is 3. The van der Waals surface area contributed by atoms with Crippen LogP contribution in [0.2, 0.25) is 5.02 Å². The number of fused-ring (bicyclic) bond motifs is 1. The highest BCUT2D eigenvalue weighted by Gasteiger charge is 2.20. The van der Waals surface area contributed by atoms with Gasteiger partial charge in [0.25, 0.3) is 5.56 Å². The summed E-state index contributed by atoms with van der Waals surface area (Å²) in [6.07, 6.45) is 1.59. The lowest BCUT2D eigenvalue weighted by atomic mass is 10.3. The number of imidazole rings is 1. The minimum atomic E-state index is -0.438. The molecule has 3 aromatic rings. The number of nitrogens with zero attached hydrogens (tertiary/aromatic N) is 4. The summed E-state index contributed by atoms with van der Waals surface area (Å²) in [6.45, 7) is 5.96. The number of benzene rings is 1. The molecule has 3 rings (SSSR count). The number of aromatic nitrogens is 4. The Labute approximate surface area is 137 Å². The van der Waals surface area contributed by atoms with Gasteiger partial charge >= 0.3 is 5.69 Å². The Balaban J connectivity index is 2.55. The van der Waals surface area contributed by atoms with Crippen molar-refractivity contribution in [2.24, 2.45) is 0 Å². The molecule has 0 amide bonds. The second-order valence-corrected chi connectivity index (χ2v) is 5.94. The number of para-hydroxylation sites is 1. The molecule has 0 radical (unpaired) electrons. The van der Waals surface area contributed by atoms with Crippen molar-refractivity contribution in [3.8, 4) is 5.69 Å². The zero-order valence-electron chi connectivity index (χ0n) is 13.2. The van der Waals surface area contributed by atoms with E-state index in [0.717, 1.165) is 0 Å². The zero-order valence-corrected chi connectivity index (χ0v) is 13.9. The van der Waals surface area contributed by atoms with Gasteiger partial charge in [-0.1, -0.05) is 23.7 Å². The van der Waals surface area contributed by atoms with Crippen LogP contribution >= 0.6 is 11.6 Å². The van der Waals surface area contributed by atoms with E-state index in [2.05, 4.69) is 4.98 Å². The van der Waals surface area contributed by atoms with Gasteiger partial charge in [-0.05, 0) is 32.9 Å². The van der Waals surface area contributed by atoms with Crippen LogP contribution in [0.25, 0.3) is 16.9 Å². The number of halogens is 1. The summed E-state index contributed by atoms with van der Waals surface area (Å²) >= 11 is 6.25. The summed E-state index contributed by atoms with van der Waals surface area (Å²) in [6, 6.07) is 7.07. The molecule has 6 nitrogen and oxygen atoms in total. The number of hydrogen-bond donors (Lipinski definition) is 0. The van der Waals surface area contributed by atoms with Crippen molar-refractivity contribution < 1.29 is 0 Å². The molecule has 0 aliphatic heterocycles. The molecule has 2 heterocycles. The summed E-state index contributed by atoms with van der Waals surface area (Å²) in [5.41, 5.74) is 0.474. The Morgan fingerprint density at radius 1 is 1.22 bits per heavy atom. The van der Waals surface area contributed by atoms with Gasteiger partial charge in [0.05, 0.1) is 17.0 Å². The van der Waals surface area contributed by atoms with E-state index in [1.807, 2.05) is 13.8 Å². The highest BCUT2D eigenvalue weighted by atomic mass is 35.5. The maximum atomic E-state index is 12.8. The topological polar surface area (TPSA) is 61.8 Å². The molecule has 23 heavy (non-hydrogen) atoms. The highest BCUT2D eigenvalue weighted by Crippen LogP contribution is 2.22. The lowest BCUT2D eigenvalue weighted by molar-refractivity contribution is 0.604. The average molecular weight is 333 g/mol. The molecule has 0 saturated carbocycles. The Kier molecular flexibility index (Phi) is 3.85. The maximum Gasteiger partial charge on any atom is 0.337 e. The average Bonchev–Trinajstić information content (AvgIpc) is 2.95. The Morgan fingerprint density at radius 3 is 2.52 bits per heavy atom. The molecular weight excluding hydrogens is 316 g/mol. The van der Waals surface area contributed by atoms with Gasteiger partial charge in [-0.3, -0.25) is 9.36 Å². The fourth-order valence-corrected chi connectivity index (χ4v) is 2.89. The van der Waals surface area contributed by atoms with Gasteiger partial charge in [0.15, 0.2) is 11.2 Å². The molecule has 0 N–H and O–H groups in total. The maximum absolute atomic E-state index is 12.8. The quantitative estimate of drug-likeness (QED) is 0.740. The van der Waals surface area contributed by atoms with Crippen LogP contribution in [-0.2, 0) is 6.54 Å². The molecule has 0 atom stereocenters. The Bertz CT molecular complexity index is 997. The van der Waals surface area contributed by atoms with Gasteiger partial charge in [-0.15, -0.1) is 0 Å². The summed E-state index contributed by atoms with van der Waals surface area (Å²) in [4.78, 5) is 29.8. The van der Waals surface area contributed by atoms with Crippen LogP contribution in [0, 0.1) is 0 Å². The van der Waals surface area contributed by atoms with Crippen LogP contribution in [0.4, 0.5) is 0 Å². The normalized spacial score (nSPS) is 11.5. The molecule has 0 bridgehead atoms. The molecule has 0 aliphatic rings. The van der Waals surface area contributed by atoms with Crippen LogP contribution in [-0.4, -0.2) is 18.7 Å². The minimum absolute atomic E-state index is 0.0511. The van der Waals surface area contributed by atoms with Crippen LogP contribution < -0.4 is 11.2 Å². The second-order valence-electron chi connectivity index (χ2n) is 5.54. The van der Waals surface area contributed by atoms with Crippen molar-refractivity contribution in [1.29, 1.82) is 0 Å². The fourth-order valence-electron chi connectivity index (χ4n) is 2.67. The van der Waals surface area contributed by atoms with Crippen molar-refractivity contribution in [3.05, 3.63) is 56.5 Å².